The third-order valence-corrected chi connectivity index (χ3v) is 6.05. The van der Waals surface area contributed by atoms with Crippen LogP contribution in [-0.2, 0) is 11.3 Å². The van der Waals surface area contributed by atoms with E-state index in [0.29, 0.717) is 0 Å². The molecule has 0 unspecified atom stereocenters. The molecular weight excluding hydrogens is 346 g/mol. The molecule has 0 bridgehead atoms. The van der Waals surface area contributed by atoms with E-state index in [1.165, 1.54) is 10.6 Å². The van der Waals surface area contributed by atoms with Crippen LogP contribution in [0.4, 0.5) is 10.8 Å². The van der Waals surface area contributed by atoms with Crippen LogP contribution in [0.15, 0.2) is 18.3 Å². The second-order valence-electron chi connectivity index (χ2n) is 7.08. The van der Waals surface area contributed by atoms with Crippen molar-refractivity contribution in [3.63, 3.8) is 0 Å². The van der Waals surface area contributed by atoms with E-state index in [-0.39, 0.29) is 0 Å². The van der Waals surface area contributed by atoms with Gasteiger partial charge in [0.1, 0.15) is 0 Å². The van der Waals surface area contributed by atoms with Gasteiger partial charge < -0.3 is 14.5 Å². The summed E-state index contributed by atoms with van der Waals surface area (Å²) in [7, 11) is 0. The topological polar surface area (TPSA) is 44.7 Å². The summed E-state index contributed by atoms with van der Waals surface area (Å²) in [5, 5.41) is 1.14. The van der Waals surface area contributed by atoms with Crippen molar-refractivity contribution in [2.24, 2.45) is 0 Å². The summed E-state index contributed by atoms with van der Waals surface area (Å²) in [5.74, 6) is 0. The van der Waals surface area contributed by atoms with Gasteiger partial charge in [-0.05, 0) is 26.0 Å². The van der Waals surface area contributed by atoms with Crippen LogP contribution in [-0.4, -0.2) is 67.4 Å². The maximum atomic E-state index is 5.43. The third-order valence-electron chi connectivity index (χ3n) is 5.01. The number of rotatable bonds is 4. The van der Waals surface area contributed by atoms with Gasteiger partial charge in [-0.25, -0.2) is 4.98 Å². The number of aryl methyl sites for hydroxylation is 2. The lowest BCUT2D eigenvalue weighted by atomic mass is 10.2. The van der Waals surface area contributed by atoms with E-state index in [1.54, 1.807) is 0 Å². The highest BCUT2D eigenvalue weighted by Gasteiger charge is 2.20. The average molecular weight is 374 g/mol. The van der Waals surface area contributed by atoms with E-state index in [0.717, 1.165) is 75.5 Å². The number of morpholine rings is 1. The summed E-state index contributed by atoms with van der Waals surface area (Å²) in [6, 6.07) is 4.39. The predicted molar refractivity (Wildman–Crippen MR) is 106 cm³/mol. The minimum atomic E-state index is 0.810. The van der Waals surface area contributed by atoms with Gasteiger partial charge in [-0.3, -0.25) is 9.88 Å². The molecule has 0 atom stereocenters. The first-order chi connectivity index (χ1) is 12.7. The summed E-state index contributed by atoms with van der Waals surface area (Å²) in [5.41, 5.74) is 3.51. The Morgan fingerprint density at radius 2 is 1.65 bits per heavy atom. The van der Waals surface area contributed by atoms with E-state index in [9.17, 15) is 0 Å². The lowest BCUT2D eigenvalue weighted by Gasteiger charge is -2.36. The SMILES string of the molecule is Cc1cc(N2CCN(Cc3cnc(N4CCOCC4)s3)CC2)cc(C)n1. The van der Waals surface area contributed by atoms with Crippen LogP contribution in [0.1, 0.15) is 16.3 Å². The minimum Gasteiger partial charge on any atom is -0.378 e. The predicted octanol–water partition coefficient (Wildman–Crippen LogP) is 2.31. The molecule has 2 aromatic rings. The number of pyridine rings is 1. The standard InChI is InChI=1S/C19H27N5OS/c1-15-11-17(12-16(2)21-15)23-5-3-22(4-6-23)14-18-13-20-19(26-18)24-7-9-25-10-8-24/h11-13H,3-10,14H2,1-2H3. The van der Waals surface area contributed by atoms with Gasteiger partial charge in [0.05, 0.1) is 13.2 Å². The summed E-state index contributed by atoms with van der Waals surface area (Å²) in [6.07, 6.45) is 2.05. The highest BCUT2D eigenvalue weighted by molar-refractivity contribution is 7.15. The molecule has 0 radical (unpaired) electrons. The first-order valence-electron chi connectivity index (χ1n) is 9.37. The van der Waals surface area contributed by atoms with Crippen LogP contribution >= 0.6 is 11.3 Å². The van der Waals surface area contributed by atoms with Crippen LogP contribution in [0, 0.1) is 13.8 Å². The lowest BCUT2D eigenvalue weighted by molar-refractivity contribution is 0.122. The van der Waals surface area contributed by atoms with Crippen LogP contribution in [0.25, 0.3) is 0 Å². The molecule has 2 aliphatic rings. The summed E-state index contributed by atoms with van der Waals surface area (Å²) < 4.78 is 5.43. The molecule has 0 aliphatic carbocycles. The molecule has 140 valence electrons. The second kappa shape index (κ2) is 7.90. The molecule has 4 heterocycles. The fourth-order valence-corrected chi connectivity index (χ4v) is 4.65. The number of piperazine rings is 1. The number of nitrogens with zero attached hydrogens (tertiary/aromatic N) is 5. The van der Waals surface area contributed by atoms with E-state index in [2.05, 4.69) is 56.8 Å². The Balaban J connectivity index is 1.32. The molecule has 4 rings (SSSR count). The molecule has 0 saturated carbocycles. The average Bonchev–Trinajstić information content (AvgIpc) is 3.11. The number of ether oxygens (including phenoxy) is 1. The monoisotopic (exact) mass is 373 g/mol. The zero-order valence-corrected chi connectivity index (χ0v) is 16.5. The van der Waals surface area contributed by atoms with E-state index in [1.807, 2.05) is 11.3 Å². The highest BCUT2D eigenvalue weighted by Crippen LogP contribution is 2.25. The molecular formula is C19H27N5OS. The van der Waals surface area contributed by atoms with Crippen molar-refractivity contribution < 1.29 is 4.74 Å². The molecule has 2 aliphatic heterocycles. The van der Waals surface area contributed by atoms with Crippen molar-refractivity contribution in [2.45, 2.75) is 20.4 Å². The molecule has 0 amide bonds. The molecule has 2 aromatic heterocycles. The Labute approximate surface area is 159 Å². The minimum absolute atomic E-state index is 0.810. The van der Waals surface area contributed by atoms with Gasteiger partial charge in [0.2, 0.25) is 0 Å². The maximum Gasteiger partial charge on any atom is 0.185 e. The van der Waals surface area contributed by atoms with E-state index in [4.69, 9.17) is 4.74 Å². The Morgan fingerprint density at radius 1 is 0.962 bits per heavy atom. The number of aromatic nitrogens is 2. The first kappa shape index (κ1) is 17.7. The van der Waals surface area contributed by atoms with Crippen LogP contribution in [0.5, 0.6) is 0 Å². The lowest BCUT2D eigenvalue weighted by Crippen LogP contribution is -2.45. The Bertz CT molecular complexity index is 715. The van der Waals surface area contributed by atoms with Gasteiger partial charge in [0, 0.05) is 74.0 Å². The molecule has 26 heavy (non-hydrogen) atoms. The van der Waals surface area contributed by atoms with E-state index < -0.39 is 0 Å². The van der Waals surface area contributed by atoms with Crippen molar-refractivity contribution in [3.05, 3.63) is 34.6 Å². The maximum absolute atomic E-state index is 5.43. The van der Waals surface area contributed by atoms with Gasteiger partial charge in [-0.2, -0.15) is 0 Å². The van der Waals surface area contributed by atoms with Gasteiger partial charge in [-0.1, -0.05) is 0 Å². The van der Waals surface area contributed by atoms with Crippen molar-refractivity contribution in [2.75, 3.05) is 62.3 Å². The molecule has 0 N–H and O–H groups in total. The number of hydrogen-bond donors (Lipinski definition) is 0. The van der Waals surface area contributed by atoms with Gasteiger partial charge in [0.25, 0.3) is 0 Å². The van der Waals surface area contributed by atoms with Gasteiger partial charge in [0.15, 0.2) is 5.13 Å². The summed E-state index contributed by atoms with van der Waals surface area (Å²) in [4.78, 5) is 17.8. The Hall–Kier alpha value is -1.70. The quantitative estimate of drug-likeness (QED) is 0.820. The molecule has 2 fully saturated rings. The Morgan fingerprint density at radius 3 is 2.35 bits per heavy atom. The van der Waals surface area contributed by atoms with Crippen molar-refractivity contribution in [3.8, 4) is 0 Å². The molecule has 2 saturated heterocycles. The zero-order valence-electron chi connectivity index (χ0n) is 15.6. The van der Waals surface area contributed by atoms with Crippen molar-refractivity contribution >= 4 is 22.2 Å². The van der Waals surface area contributed by atoms with E-state index >= 15 is 0 Å². The molecule has 0 spiro atoms. The van der Waals surface area contributed by atoms with Crippen LogP contribution in [0.3, 0.4) is 0 Å². The molecule has 7 heteroatoms. The third kappa shape index (κ3) is 4.16. The Kier molecular flexibility index (Phi) is 5.38. The summed E-state index contributed by atoms with van der Waals surface area (Å²) >= 11 is 1.83. The first-order valence-corrected chi connectivity index (χ1v) is 10.2. The number of hydrogen-bond acceptors (Lipinski definition) is 7. The van der Waals surface area contributed by atoms with Crippen LogP contribution in [0.2, 0.25) is 0 Å². The smallest absolute Gasteiger partial charge is 0.185 e. The largest absolute Gasteiger partial charge is 0.378 e. The fourth-order valence-electron chi connectivity index (χ4n) is 3.65. The highest BCUT2D eigenvalue weighted by atomic mass is 32.1. The van der Waals surface area contributed by atoms with Crippen molar-refractivity contribution in [1.29, 1.82) is 0 Å². The summed E-state index contributed by atoms with van der Waals surface area (Å²) in [6.45, 7) is 13.0. The van der Waals surface area contributed by atoms with Crippen LogP contribution < -0.4 is 9.80 Å². The second-order valence-corrected chi connectivity index (χ2v) is 8.17. The zero-order chi connectivity index (χ0) is 17.9. The van der Waals surface area contributed by atoms with Crippen molar-refractivity contribution in [1.82, 2.24) is 14.9 Å². The van der Waals surface area contributed by atoms with Gasteiger partial charge >= 0.3 is 0 Å². The molecule has 0 aromatic carbocycles. The number of anilines is 2. The molecule has 6 nitrogen and oxygen atoms in total. The fraction of sp³-hybridized carbons (Fsp3) is 0.579. The normalized spacial score (nSPS) is 19.2. The van der Waals surface area contributed by atoms with Gasteiger partial charge in [-0.15, -0.1) is 11.3 Å². The number of thiazole rings is 1.